The highest BCUT2D eigenvalue weighted by atomic mass is 16.5. The van der Waals surface area contributed by atoms with Gasteiger partial charge in [0.25, 0.3) is 0 Å². The zero-order valence-corrected chi connectivity index (χ0v) is 20.1. The zero-order chi connectivity index (χ0) is 24.4. The molecular weight excluding hydrogens is 444 g/mol. The van der Waals surface area contributed by atoms with Gasteiger partial charge in [0.2, 0.25) is 0 Å². The van der Waals surface area contributed by atoms with E-state index in [1.807, 2.05) is 72.5 Å². The molecule has 0 bridgehead atoms. The molecule has 0 unspecified atom stereocenters. The average Bonchev–Trinajstić information content (AvgIpc) is 3.05. The van der Waals surface area contributed by atoms with Crippen LogP contribution in [0.25, 0.3) is 0 Å². The van der Waals surface area contributed by atoms with Crippen molar-refractivity contribution in [3.63, 3.8) is 0 Å². The lowest BCUT2D eigenvalue weighted by Gasteiger charge is -2.36. The number of ether oxygens (including phenoxy) is 3. The maximum Gasteiger partial charge on any atom is 0.321 e. The van der Waals surface area contributed by atoms with Crippen LogP contribution in [-0.4, -0.2) is 62.1 Å². The van der Waals surface area contributed by atoms with Crippen LogP contribution >= 0.6 is 0 Å². The number of amidine groups is 1. The monoisotopic (exact) mass is 472 g/mol. The largest absolute Gasteiger partial charge is 0.497 e. The van der Waals surface area contributed by atoms with Crippen molar-refractivity contribution in [1.82, 2.24) is 9.80 Å². The third kappa shape index (κ3) is 4.73. The lowest BCUT2D eigenvalue weighted by Crippen LogP contribution is -2.51. The number of fused-ring (bicyclic) bond motifs is 2. The number of nitrogens with one attached hydrogen (secondary N) is 1. The Balaban J connectivity index is 1.35. The number of rotatable bonds is 3. The first-order valence-electron chi connectivity index (χ1n) is 11.5. The Morgan fingerprint density at radius 1 is 0.886 bits per heavy atom. The van der Waals surface area contributed by atoms with Crippen molar-refractivity contribution in [3.8, 4) is 23.0 Å². The summed E-state index contributed by atoms with van der Waals surface area (Å²) in [5.41, 5.74) is 3.51. The predicted octanol–water partition coefficient (Wildman–Crippen LogP) is 5.05. The second-order valence-corrected chi connectivity index (χ2v) is 8.50. The van der Waals surface area contributed by atoms with Crippen molar-refractivity contribution < 1.29 is 19.0 Å². The van der Waals surface area contributed by atoms with Gasteiger partial charge in [-0.1, -0.05) is 6.07 Å². The van der Waals surface area contributed by atoms with Crippen molar-refractivity contribution in [2.75, 3.05) is 45.7 Å². The smallest absolute Gasteiger partial charge is 0.321 e. The molecule has 0 radical (unpaired) electrons. The number of piperazine rings is 1. The zero-order valence-electron chi connectivity index (χ0n) is 20.1. The van der Waals surface area contributed by atoms with E-state index in [1.54, 1.807) is 14.2 Å². The maximum absolute atomic E-state index is 12.8. The first kappa shape index (κ1) is 22.6. The molecule has 0 atom stereocenters. The predicted molar refractivity (Wildman–Crippen MR) is 136 cm³/mol. The summed E-state index contributed by atoms with van der Waals surface area (Å²) in [5, 5.41) is 2.96. The summed E-state index contributed by atoms with van der Waals surface area (Å²) in [7, 11) is 3.26. The molecule has 0 saturated carbocycles. The van der Waals surface area contributed by atoms with Crippen LogP contribution in [0, 0.1) is 6.92 Å². The van der Waals surface area contributed by atoms with E-state index in [1.165, 1.54) is 0 Å². The van der Waals surface area contributed by atoms with Gasteiger partial charge in [-0.15, -0.1) is 0 Å². The van der Waals surface area contributed by atoms with Crippen LogP contribution < -0.4 is 19.5 Å². The molecule has 8 nitrogen and oxygen atoms in total. The summed E-state index contributed by atoms with van der Waals surface area (Å²) in [5.74, 6) is 3.72. The van der Waals surface area contributed by atoms with E-state index in [-0.39, 0.29) is 6.03 Å². The van der Waals surface area contributed by atoms with Gasteiger partial charge in [0.15, 0.2) is 5.75 Å². The minimum Gasteiger partial charge on any atom is -0.497 e. The minimum absolute atomic E-state index is 0.119. The molecule has 180 valence electrons. The summed E-state index contributed by atoms with van der Waals surface area (Å²) in [6.07, 6.45) is 0. The third-order valence-corrected chi connectivity index (χ3v) is 6.20. The van der Waals surface area contributed by atoms with Gasteiger partial charge < -0.3 is 29.3 Å². The number of nitrogens with zero attached hydrogens (tertiary/aromatic N) is 3. The Bertz CT molecular complexity index is 1260. The highest BCUT2D eigenvalue weighted by Crippen LogP contribution is 2.40. The van der Waals surface area contributed by atoms with E-state index in [9.17, 15) is 4.79 Å². The average molecular weight is 473 g/mol. The molecule has 0 aliphatic carbocycles. The lowest BCUT2D eigenvalue weighted by atomic mass is 10.1. The van der Waals surface area contributed by atoms with E-state index in [0.29, 0.717) is 37.7 Å². The van der Waals surface area contributed by atoms with Gasteiger partial charge in [-0.05, 0) is 61.0 Å². The maximum atomic E-state index is 12.8. The van der Waals surface area contributed by atoms with Gasteiger partial charge in [-0.25, -0.2) is 9.79 Å². The fourth-order valence-electron chi connectivity index (χ4n) is 4.23. The van der Waals surface area contributed by atoms with Crippen molar-refractivity contribution in [2.24, 2.45) is 4.99 Å². The van der Waals surface area contributed by atoms with Gasteiger partial charge in [0, 0.05) is 37.9 Å². The fraction of sp³-hybridized carbons (Fsp3) is 0.259. The van der Waals surface area contributed by atoms with Crippen LogP contribution in [0.15, 0.2) is 65.7 Å². The second-order valence-electron chi connectivity index (χ2n) is 8.50. The highest BCUT2D eigenvalue weighted by molar-refractivity contribution is 6.04. The molecule has 3 aromatic carbocycles. The molecule has 0 aromatic heterocycles. The molecule has 35 heavy (non-hydrogen) atoms. The summed E-state index contributed by atoms with van der Waals surface area (Å²) in [6, 6.07) is 19.0. The van der Waals surface area contributed by atoms with Gasteiger partial charge in [0.1, 0.15) is 28.8 Å². The molecule has 0 spiro atoms. The topological polar surface area (TPSA) is 75.6 Å². The Morgan fingerprint density at radius 3 is 2.31 bits per heavy atom. The van der Waals surface area contributed by atoms with Crippen molar-refractivity contribution in [3.05, 3.63) is 71.8 Å². The summed E-state index contributed by atoms with van der Waals surface area (Å²) >= 11 is 0. The van der Waals surface area contributed by atoms with Crippen LogP contribution in [0.4, 0.5) is 16.2 Å². The van der Waals surface area contributed by atoms with Crippen LogP contribution in [0.3, 0.4) is 0 Å². The molecule has 1 saturated heterocycles. The normalized spacial score (nSPS) is 14.7. The number of aryl methyl sites for hydroxylation is 1. The number of hydrogen-bond acceptors (Lipinski definition) is 6. The van der Waals surface area contributed by atoms with E-state index >= 15 is 0 Å². The Labute approximate surface area is 204 Å². The minimum atomic E-state index is -0.119. The number of aliphatic imine (C=N–C) groups is 1. The first-order valence-corrected chi connectivity index (χ1v) is 11.5. The molecule has 2 aliphatic heterocycles. The van der Waals surface area contributed by atoms with Crippen molar-refractivity contribution >= 4 is 23.2 Å². The molecule has 2 amide bonds. The van der Waals surface area contributed by atoms with Crippen molar-refractivity contribution in [2.45, 2.75) is 6.92 Å². The third-order valence-electron chi connectivity index (χ3n) is 6.20. The number of carbonyl (C=O) groups is 1. The number of benzene rings is 3. The SMILES string of the molecule is COc1ccc(NC(=O)N2CCN(C3=Nc4ccc(C)cc4Oc4cc(OC)ccc43)CC2)cc1. The van der Waals surface area contributed by atoms with Crippen LogP contribution in [0.5, 0.6) is 23.0 Å². The summed E-state index contributed by atoms with van der Waals surface area (Å²) in [6.45, 7) is 4.49. The molecule has 2 heterocycles. The highest BCUT2D eigenvalue weighted by Gasteiger charge is 2.28. The van der Waals surface area contributed by atoms with Gasteiger partial charge >= 0.3 is 6.03 Å². The summed E-state index contributed by atoms with van der Waals surface area (Å²) < 4.78 is 16.9. The van der Waals surface area contributed by atoms with E-state index in [0.717, 1.165) is 39.8 Å². The van der Waals surface area contributed by atoms with E-state index < -0.39 is 0 Å². The van der Waals surface area contributed by atoms with E-state index in [2.05, 4.69) is 10.2 Å². The van der Waals surface area contributed by atoms with Crippen molar-refractivity contribution in [1.29, 1.82) is 0 Å². The summed E-state index contributed by atoms with van der Waals surface area (Å²) in [4.78, 5) is 21.9. The molecule has 5 rings (SSSR count). The lowest BCUT2D eigenvalue weighted by molar-refractivity contribution is 0.181. The number of hydrogen-bond donors (Lipinski definition) is 1. The van der Waals surface area contributed by atoms with Crippen LogP contribution in [-0.2, 0) is 0 Å². The number of anilines is 1. The second kappa shape index (κ2) is 9.58. The fourth-order valence-corrected chi connectivity index (χ4v) is 4.23. The molecule has 8 heteroatoms. The molecule has 2 aliphatic rings. The number of methoxy groups -OCH3 is 2. The van der Waals surface area contributed by atoms with Gasteiger partial charge in [-0.2, -0.15) is 0 Å². The molecule has 1 N–H and O–H groups in total. The Hall–Kier alpha value is -4.20. The van der Waals surface area contributed by atoms with Crippen LogP contribution in [0.2, 0.25) is 0 Å². The van der Waals surface area contributed by atoms with Crippen LogP contribution in [0.1, 0.15) is 11.1 Å². The number of carbonyl (C=O) groups excluding carboxylic acids is 1. The number of urea groups is 1. The standard InChI is InChI=1S/C27H28N4O4/c1-18-4-11-23-25(16-18)35-24-17-21(34-3)9-10-22(24)26(29-23)30-12-14-31(15-13-30)27(32)28-19-5-7-20(33-2)8-6-19/h4-11,16-17H,12-15H2,1-3H3,(H,28,32). The number of amides is 2. The first-order chi connectivity index (χ1) is 17.0. The van der Waals surface area contributed by atoms with Gasteiger partial charge in [-0.3, -0.25) is 0 Å². The Morgan fingerprint density at radius 2 is 1.60 bits per heavy atom. The van der Waals surface area contributed by atoms with Gasteiger partial charge in [0.05, 0.1) is 19.8 Å². The Kier molecular flexibility index (Phi) is 6.18. The molecule has 1 fully saturated rings. The molecular formula is C27H28N4O4. The van der Waals surface area contributed by atoms with E-state index in [4.69, 9.17) is 19.2 Å². The quantitative estimate of drug-likeness (QED) is 0.578. The molecule has 3 aromatic rings.